The number of carbonyl (C=O) groups excluding carboxylic acids is 2. The van der Waals surface area contributed by atoms with Crippen LogP contribution in [0.2, 0.25) is 0 Å². The molecule has 0 aliphatic carbocycles. The van der Waals surface area contributed by atoms with Gasteiger partial charge in [0, 0.05) is 5.39 Å². The van der Waals surface area contributed by atoms with E-state index in [2.05, 4.69) is 5.32 Å². The predicted molar refractivity (Wildman–Crippen MR) is 164 cm³/mol. The predicted octanol–water partition coefficient (Wildman–Crippen LogP) is 6.67. The Bertz CT molecular complexity index is 1630. The molecule has 4 aromatic rings. The highest BCUT2D eigenvalue weighted by Gasteiger charge is 2.34. The lowest BCUT2D eigenvalue weighted by Crippen LogP contribution is -2.27. The highest BCUT2D eigenvalue weighted by atomic mass is 32.2. The van der Waals surface area contributed by atoms with Gasteiger partial charge in [0.1, 0.15) is 5.75 Å². The second-order valence-corrected chi connectivity index (χ2v) is 10.4. The largest absolute Gasteiger partial charge is 0.493 e. The molecule has 1 N–H and O–H groups in total. The minimum Gasteiger partial charge on any atom is -0.493 e. The van der Waals surface area contributed by atoms with Crippen LogP contribution >= 0.6 is 24.0 Å². The minimum absolute atomic E-state index is 0.186. The van der Waals surface area contributed by atoms with Gasteiger partial charge >= 0.3 is 0 Å². The molecule has 5 rings (SSSR count). The maximum atomic E-state index is 13.4. The van der Waals surface area contributed by atoms with Crippen LogP contribution in [-0.2, 0) is 9.59 Å². The van der Waals surface area contributed by atoms with Gasteiger partial charge in [-0.1, -0.05) is 78.6 Å². The van der Waals surface area contributed by atoms with E-state index < -0.39 is 0 Å². The maximum Gasteiger partial charge on any atom is 0.270 e. The molecule has 0 bridgehead atoms. The molecule has 0 spiro atoms. The highest BCUT2D eigenvalue weighted by molar-refractivity contribution is 8.27. The first kappa shape index (κ1) is 27.2. The van der Waals surface area contributed by atoms with Crippen LogP contribution in [0.5, 0.6) is 17.2 Å². The summed E-state index contributed by atoms with van der Waals surface area (Å²) in [5, 5.41) is 4.79. The van der Waals surface area contributed by atoms with Gasteiger partial charge < -0.3 is 19.5 Å². The molecular weight excluding hydrogens is 544 g/mol. The smallest absolute Gasteiger partial charge is 0.270 e. The van der Waals surface area contributed by atoms with Gasteiger partial charge in [0.05, 0.1) is 30.0 Å². The number of hydrogen-bond acceptors (Lipinski definition) is 7. The number of fused-ring (bicyclic) bond motifs is 1. The Morgan fingerprint density at radius 1 is 0.950 bits per heavy atom. The lowest BCUT2D eigenvalue weighted by Gasteiger charge is -2.17. The van der Waals surface area contributed by atoms with Gasteiger partial charge in [-0.05, 0) is 54.3 Å². The quantitative estimate of drug-likeness (QED) is 0.178. The summed E-state index contributed by atoms with van der Waals surface area (Å²) in [6.45, 7) is 2.14. The van der Waals surface area contributed by atoms with Gasteiger partial charge in [-0.15, -0.1) is 0 Å². The number of benzene rings is 4. The summed E-state index contributed by atoms with van der Waals surface area (Å²) in [4.78, 5) is 28.0. The lowest BCUT2D eigenvalue weighted by atomic mass is 10.1. The Labute approximate surface area is 241 Å². The highest BCUT2D eigenvalue weighted by Crippen LogP contribution is 2.39. The van der Waals surface area contributed by atoms with Crippen molar-refractivity contribution in [1.29, 1.82) is 0 Å². The molecule has 0 radical (unpaired) electrons. The van der Waals surface area contributed by atoms with Crippen molar-refractivity contribution in [3.05, 3.63) is 95.4 Å². The van der Waals surface area contributed by atoms with E-state index in [1.165, 1.54) is 18.9 Å². The molecule has 2 amide bonds. The molecule has 9 heteroatoms. The van der Waals surface area contributed by atoms with Crippen molar-refractivity contribution in [1.82, 2.24) is 0 Å². The number of ether oxygens (including phenoxy) is 3. The Hall–Kier alpha value is -4.34. The Balaban J connectivity index is 1.30. The fraction of sp³-hybridized carbons (Fsp3) is 0.129. The molecule has 4 aromatic carbocycles. The van der Waals surface area contributed by atoms with Gasteiger partial charge in [0.25, 0.3) is 11.8 Å². The van der Waals surface area contributed by atoms with Gasteiger partial charge in [-0.25, -0.2) is 0 Å². The van der Waals surface area contributed by atoms with E-state index >= 15 is 0 Å². The van der Waals surface area contributed by atoms with Crippen molar-refractivity contribution in [3.8, 4) is 17.2 Å². The minimum atomic E-state index is -0.338. The average Bonchev–Trinajstić information content (AvgIpc) is 3.24. The van der Waals surface area contributed by atoms with Gasteiger partial charge in [0.2, 0.25) is 0 Å². The Kier molecular flexibility index (Phi) is 8.33. The standard InChI is InChI=1S/C31H26N2O5S2/c1-3-37-25-14-7-6-12-23(25)32-29(34)19-38-26-16-15-20(17-27(26)36-2)18-28-30(35)33(31(39)40-28)24-13-8-10-21-9-4-5-11-22(21)24/h4-18H,3,19H2,1-2H3,(H,32,34)/b28-18-. The first-order valence-corrected chi connectivity index (χ1v) is 13.8. The lowest BCUT2D eigenvalue weighted by molar-refractivity contribution is -0.118. The number of methoxy groups -OCH3 is 1. The molecule has 1 aliphatic rings. The SMILES string of the molecule is CCOc1ccccc1NC(=O)COc1ccc(/C=C2\SC(=S)N(c3cccc4ccccc34)C2=O)cc1OC. The van der Waals surface area contributed by atoms with E-state index in [0.29, 0.717) is 38.8 Å². The molecule has 40 heavy (non-hydrogen) atoms. The fourth-order valence-electron chi connectivity index (χ4n) is 4.30. The summed E-state index contributed by atoms with van der Waals surface area (Å²) < 4.78 is 17.3. The van der Waals surface area contributed by atoms with Crippen molar-refractivity contribution < 1.29 is 23.8 Å². The average molecular weight is 571 g/mol. The summed E-state index contributed by atoms with van der Waals surface area (Å²) in [6, 6.07) is 26.2. The van der Waals surface area contributed by atoms with Crippen LogP contribution in [-0.4, -0.2) is 36.5 Å². The van der Waals surface area contributed by atoms with Crippen LogP contribution in [0.15, 0.2) is 89.8 Å². The molecule has 1 saturated heterocycles. The van der Waals surface area contributed by atoms with Crippen molar-refractivity contribution in [2.24, 2.45) is 0 Å². The maximum absolute atomic E-state index is 13.4. The summed E-state index contributed by atoms with van der Waals surface area (Å²) >= 11 is 6.84. The van der Waals surface area contributed by atoms with Gasteiger partial charge in [-0.3, -0.25) is 14.5 Å². The van der Waals surface area contributed by atoms with E-state index in [0.717, 1.165) is 22.0 Å². The molecule has 202 valence electrons. The molecule has 0 saturated carbocycles. The first-order valence-electron chi connectivity index (χ1n) is 12.6. The molecule has 1 heterocycles. The van der Waals surface area contributed by atoms with Crippen LogP contribution < -0.4 is 24.4 Å². The van der Waals surface area contributed by atoms with Gasteiger partial charge in [-0.2, -0.15) is 0 Å². The Morgan fingerprint density at radius 2 is 1.73 bits per heavy atom. The number of hydrogen-bond donors (Lipinski definition) is 1. The molecule has 1 aliphatic heterocycles. The van der Waals surface area contributed by atoms with E-state index in [1.54, 1.807) is 41.3 Å². The summed E-state index contributed by atoms with van der Waals surface area (Å²) in [5.74, 6) is 0.896. The third-order valence-corrected chi connectivity index (χ3v) is 7.41. The summed E-state index contributed by atoms with van der Waals surface area (Å²) in [6.07, 6.45) is 1.77. The zero-order valence-electron chi connectivity index (χ0n) is 21.9. The van der Waals surface area contributed by atoms with Crippen LogP contribution in [0.3, 0.4) is 0 Å². The van der Waals surface area contributed by atoms with E-state index in [1.807, 2.05) is 61.5 Å². The van der Waals surface area contributed by atoms with E-state index in [4.69, 9.17) is 26.4 Å². The number of carbonyl (C=O) groups is 2. The van der Waals surface area contributed by atoms with Crippen LogP contribution in [0.1, 0.15) is 12.5 Å². The zero-order valence-corrected chi connectivity index (χ0v) is 23.5. The second-order valence-electron chi connectivity index (χ2n) is 8.69. The van der Waals surface area contributed by atoms with E-state index in [9.17, 15) is 9.59 Å². The molecule has 0 aromatic heterocycles. The monoisotopic (exact) mass is 570 g/mol. The van der Waals surface area contributed by atoms with Crippen LogP contribution in [0.4, 0.5) is 11.4 Å². The van der Waals surface area contributed by atoms with E-state index in [-0.39, 0.29) is 18.4 Å². The molecule has 7 nitrogen and oxygen atoms in total. The fourth-order valence-corrected chi connectivity index (χ4v) is 5.59. The molecule has 1 fully saturated rings. The van der Waals surface area contributed by atoms with Crippen molar-refractivity contribution in [2.45, 2.75) is 6.92 Å². The summed E-state index contributed by atoms with van der Waals surface area (Å²) in [5.41, 5.74) is 2.06. The number of rotatable bonds is 9. The van der Waals surface area contributed by atoms with Crippen LogP contribution in [0.25, 0.3) is 16.8 Å². The number of nitrogens with one attached hydrogen (secondary N) is 1. The van der Waals surface area contributed by atoms with Crippen molar-refractivity contribution in [2.75, 3.05) is 30.5 Å². The second kappa shape index (κ2) is 12.2. The topological polar surface area (TPSA) is 77.1 Å². The Morgan fingerprint density at radius 3 is 2.55 bits per heavy atom. The molecule has 0 atom stereocenters. The number of anilines is 2. The number of nitrogens with zero attached hydrogens (tertiary/aromatic N) is 1. The summed E-state index contributed by atoms with van der Waals surface area (Å²) in [7, 11) is 1.52. The third kappa shape index (κ3) is 5.80. The zero-order chi connectivity index (χ0) is 28.1. The van der Waals surface area contributed by atoms with Gasteiger partial charge in [0.15, 0.2) is 22.4 Å². The number of thioether (sulfide) groups is 1. The number of para-hydroxylation sites is 2. The normalized spacial score (nSPS) is 14.1. The van der Waals surface area contributed by atoms with Crippen LogP contribution in [0, 0.1) is 0 Å². The number of thiocarbonyl (C=S) groups is 1. The van der Waals surface area contributed by atoms with Crippen molar-refractivity contribution >= 4 is 68.3 Å². The van der Waals surface area contributed by atoms with Crippen molar-refractivity contribution in [3.63, 3.8) is 0 Å². The number of amides is 2. The third-order valence-electron chi connectivity index (χ3n) is 6.11. The molecule has 0 unspecified atom stereocenters. The molecular formula is C31H26N2O5S2. The first-order chi connectivity index (χ1) is 19.5.